The predicted molar refractivity (Wildman–Crippen MR) is 91.9 cm³/mol. The zero-order chi connectivity index (χ0) is 15.9. The third-order valence-electron chi connectivity index (χ3n) is 3.70. The average Bonchev–Trinajstić information content (AvgIpc) is 3.24. The Hall–Kier alpha value is -1.30. The van der Waals surface area contributed by atoms with E-state index in [2.05, 4.69) is 16.0 Å². The molecule has 0 unspecified atom stereocenters. The highest BCUT2D eigenvalue weighted by atomic mass is 35.5. The van der Waals surface area contributed by atoms with E-state index in [9.17, 15) is 4.79 Å². The van der Waals surface area contributed by atoms with Crippen LogP contribution in [0, 0.1) is 0 Å². The lowest BCUT2D eigenvalue weighted by atomic mass is 9.95. The van der Waals surface area contributed by atoms with Crippen molar-refractivity contribution in [2.75, 3.05) is 0 Å². The lowest BCUT2D eigenvalue weighted by Gasteiger charge is -2.30. The first-order valence-electron chi connectivity index (χ1n) is 7.00. The first-order valence-corrected chi connectivity index (χ1v) is 8.16. The Morgan fingerprint density at radius 3 is 2.68 bits per heavy atom. The van der Waals surface area contributed by atoms with Crippen LogP contribution < -0.4 is 16.0 Å². The van der Waals surface area contributed by atoms with Crippen molar-refractivity contribution >= 4 is 46.4 Å². The van der Waals surface area contributed by atoms with Crippen molar-refractivity contribution < 1.29 is 4.79 Å². The summed E-state index contributed by atoms with van der Waals surface area (Å²) >= 11 is 17.3. The molecule has 1 heterocycles. The number of amides is 1. The van der Waals surface area contributed by atoms with Gasteiger partial charge in [-0.05, 0) is 49.7 Å². The quantitative estimate of drug-likeness (QED) is 0.729. The summed E-state index contributed by atoms with van der Waals surface area (Å²) in [5, 5.41) is 10.6. The topological polar surface area (TPSA) is 53.2 Å². The molecule has 0 aromatic heterocycles. The Balaban J connectivity index is 1.97. The van der Waals surface area contributed by atoms with Crippen molar-refractivity contribution in [3.05, 3.63) is 45.1 Å². The van der Waals surface area contributed by atoms with Crippen molar-refractivity contribution in [1.29, 1.82) is 0 Å². The monoisotopic (exact) mass is 355 g/mol. The number of thiocarbonyl (C=S) groups is 1. The molecule has 22 heavy (non-hydrogen) atoms. The average molecular weight is 356 g/mol. The number of carbonyl (C=O) groups is 1. The van der Waals surface area contributed by atoms with E-state index >= 15 is 0 Å². The fraction of sp³-hybridized carbons (Fsp3) is 0.333. The fourth-order valence-corrected chi connectivity index (χ4v) is 3.01. The zero-order valence-corrected chi connectivity index (χ0v) is 14.2. The number of benzene rings is 1. The van der Waals surface area contributed by atoms with E-state index in [-0.39, 0.29) is 18.0 Å². The number of hydrogen-bond acceptors (Lipinski definition) is 2. The Kier molecular flexibility index (Phi) is 4.30. The normalized spacial score (nSPS) is 21.2. The van der Waals surface area contributed by atoms with Gasteiger partial charge < -0.3 is 16.0 Å². The maximum Gasteiger partial charge on any atom is 0.251 e. The Labute approximate surface area is 144 Å². The van der Waals surface area contributed by atoms with Crippen LogP contribution in [0.4, 0.5) is 0 Å². The standard InChI is InChI=1S/C15H15Cl2N3OS/c1-7-12(14(21)19-9-3-4-9)13(20-15(22)18-7)8-2-5-10(16)11(17)6-8/h2,5-6,9,13H,3-4H2,1H3,(H,19,21)(H2,18,20,22)/t13-/m0/s1. The molecular weight excluding hydrogens is 341 g/mol. The van der Waals surface area contributed by atoms with Gasteiger partial charge in [-0.3, -0.25) is 4.79 Å². The summed E-state index contributed by atoms with van der Waals surface area (Å²) in [6.45, 7) is 1.85. The molecule has 3 N–H and O–H groups in total. The Bertz CT molecular complexity index is 685. The summed E-state index contributed by atoms with van der Waals surface area (Å²) in [7, 11) is 0. The van der Waals surface area contributed by atoms with E-state index in [1.165, 1.54) is 0 Å². The van der Waals surface area contributed by atoms with Crippen LogP contribution in [0.5, 0.6) is 0 Å². The van der Waals surface area contributed by atoms with Gasteiger partial charge in [0.25, 0.3) is 5.91 Å². The third kappa shape index (κ3) is 3.21. The molecule has 1 aliphatic heterocycles. The lowest BCUT2D eigenvalue weighted by molar-refractivity contribution is -0.118. The maximum atomic E-state index is 12.5. The molecule has 0 radical (unpaired) electrons. The molecule has 7 heteroatoms. The van der Waals surface area contributed by atoms with Crippen molar-refractivity contribution in [3.63, 3.8) is 0 Å². The summed E-state index contributed by atoms with van der Waals surface area (Å²) < 4.78 is 0. The predicted octanol–water partition coefficient (Wildman–Crippen LogP) is 3.06. The molecule has 1 atom stereocenters. The highest BCUT2D eigenvalue weighted by Gasteiger charge is 2.33. The van der Waals surface area contributed by atoms with Crippen LogP contribution in [0.15, 0.2) is 29.5 Å². The molecule has 1 saturated carbocycles. The van der Waals surface area contributed by atoms with Gasteiger partial charge in [0.1, 0.15) is 0 Å². The van der Waals surface area contributed by atoms with Gasteiger partial charge in [-0.2, -0.15) is 0 Å². The van der Waals surface area contributed by atoms with Gasteiger partial charge >= 0.3 is 0 Å². The van der Waals surface area contributed by atoms with Gasteiger partial charge in [-0.25, -0.2) is 0 Å². The van der Waals surface area contributed by atoms with E-state index in [0.29, 0.717) is 20.7 Å². The Morgan fingerprint density at radius 2 is 2.05 bits per heavy atom. The second-order valence-corrected chi connectivity index (χ2v) is 6.71. The second-order valence-electron chi connectivity index (χ2n) is 5.49. The minimum Gasteiger partial charge on any atom is -0.351 e. The lowest BCUT2D eigenvalue weighted by Crippen LogP contribution is -2.47. The van der Waals surface area contributed by atoms with E-state index < -0.39 is 0 Å². The minimum atomic E-state index is -0.345. The summed E-state index contributed by atoms with van der Waals surface area (Å²) in [4.78, 5) is 12.5. The summed E-state index contributed by atoms with van der Waals surface area (Å²) in [5.41, 5.74) is 2.22. The van der Waals surface area contributed by atoms with Crippen molar-refractivity contribution in [2.45, 2.75) is 31.8 Å². The third-order valence-corrected chi connectivity index (χ3v) is 4.66. The smallest absolute Gasteiger partial charge is 0.251 e. The number of hydrogen-bond donors (Lipinski definition) is 3. The minimum absolute atomic E-state index is 0.0847. The molecule has 1 amide bonds. The first-order chi connectivity index (χ1) is 10.5. The zero-order valence-electron chi connectivity index (χ0n) is 11.9. The number of nitrogens with one attached hydrogen (secondary N) is 3. The molecule has 1 aromatic rings. The molecule has 1 aliphatic carbocycles. The van der Waals surface area contributed by atoms with Crippen LogP contribution >= 0.6 is 35.4 Å². The number of allylic oxidation sites excluding steroid dienone is 1. The van der Waals surface area contributed by atoms with Crippen LogP contribution in [-0.4, -0.2) is 17.1 Å². The van der Waals surface area contributed by atoms with Gasteiger partial charge in [-0.1, -0.05) is 29.3 Å². The van der Waals surface area contributed by atoms with Gasteiger partial charge in [0, 0.05) is 11.7 Å². The number of rotatable bonds is 3. The molecule has 0 spiro atoms. The van der Waals surface area contributed by atoms with Crippen LogP contribution in [0.2, 0.25) is 10.0 Å². The Morgan fingerprint density at radius 1 is 1.32 bits per heavy atom. The van der Waals surface area contributed by atoms with Crippen LogP contribution in [0.3, 0.4) is 0 Å². The molecule has 3 rings (SSSR count). The van der Waals surface area contributed by atoms with Crippen molar-refractivity contribution in [1.82, 2.24) is 16.0 Å². The van der Waals surface area contributed by atoms with Gasteiger partial charge in [0.2, 0.25) is 0 Å². The van der Waals surface area contributed by atoms with Gasteiger partial charge in [-0.15, -0.1) is 0 Å². The summed E-state index contributed by atoms with van der Waals surface area (Å²) in [5.74, 6) is -0.0847. The van der Waals surface area contributed by atoms with Crippen LogP contribution in [0.1, 0.15) is 31.4 Å². The van der Waals surface area contributed by atoms with Crippen molar-refractivity contribution in [3.8, 4) is 0 Å². The molecule has 116 valence electrons. The van der Waals surface area contributed by atoms with Crippen molar-refractivity contribution in [2.24, 2.45) is 0 Å². The highest BCUT2D eigenvalue weighted by molar-refractivity contribution is 7.80. The second kappa shape index (κ2) is 6.07. The number of carbonyl (C=O) groups excluding carboxylic acids is 1. The molecule has 0 saturated heterocycles. The summed E-state index contributed by atoms with van der Waals surface area (Å²) in [6.07, 6.45) is 2.07. The van der Waals surface area contributed by atoms with Crippen LogP contribution in [-0.2, 0) is 4.79 Å². The van der Waals surface area contributed by atoms with E-state index in [1.54, 1.807) is 12.1 Å². The molecule has 1 fully saturated rings. The molecule has 2 aliphatic rings. The molecule has 0 bridgehead atoms. The largest absolute Gasteiger partial charge is 0.351 e. The summed E-state index contributed by atoms with van der Waals surface area (Å²) in [6, 6.07) is 5.26. The molecular formula is C15H15Cl2N3OS. The fourth-order valence-electron chi connectivity index (χ4n) is 2.43. The van der Waals surface area contributed by atoms with Crippen LogP contribution in [0.25, 0.3) is 0 Å². The van der Waals surface area contributed by atoms with E-state index in [0.717, 1.165) is 24.1 Å². The molecule has 4 nitrogen and oxygen atoms in total. The SMILES string of the molecule is CC1=C(C(=O)NC2CC2)[C@H](c2ccc(Cl)c(Cl)c2)NC(=S)N1. The maximum absolute atomic E-state index is 12.5. The van der Waals surface area contributed by atoms with E-state index in [4.69, 9.17) is 35.4 Å². The van der Waals surface area contributed by atoms with Gasteiger partial charge in [0.15, 0.2) is 5.11 Å². The van der Waals surface area contributed by atoms with E-state index in [1.807, 2.05) is 13.0 Å². The first kappa shape index (κ1) is 15.6. The molecule has 1 aromatic carbocycles. The number of halogens is 2. The van der Waals surface area contributed by atoms with Gasteiger partial charge in [0.05, 0.1) is 21.7 Å². The highest BCUT2D eigenvalue weighted by Crippen LogP contribution is 2.32.